The van der Waals surface area contributed by atoms with Gasteiger partial charge in [-0.1, -0.05) is 41.9 Å². The Hall–Kier alpha value is -1.13. The van der Waals surface area contributed by atoms with E-state index in [1.807, 2.05) is 30.3 Å². The van der Waals surface area contributed by atoms with Crippen molar-refractivity contribution < 1.29 is 9.90 Å². The molecule has 15 heavy (non-hydrogen) atoms. The number of benzene rings is 1. The van der Waals surface area contributed by atoms with E-state index < -0.39 is 11.6 Å². The van der Waals surface area contributed by atoms with Crippen LogP contribution >= 0.6 is 23.5 Å². The Kier molecular flexibility index (Phi) is 2.88. The van der Waals surface area contributed by atoms with Gasteiger partial charge < -0.3 is 5.11 Å². The summed E-state index contributed by atoms with van der Waals surface area (Å²) >= 11 is 7.01. The van der Waals surface area contributed by atoms with Crippen LogP contribution in [0.3, 0.4) is 0 Å². The first-order chi connectivity index (χ1) is 7.18. The molecule has 0 bridgehead atoms. The molecule has 1 amide bonds. The number of hydrogen-bond acceptors (Lipinski definition) is 2. The van der Waals surface area contributed by atoms with E-state index in [-0.39, 0.29) is 0 Å². The van der Waals surface area contributed by atoms with E-state index in [4.69, 9.17) is 16.7 Å². The third-order valence-corrected chi connectivity index (χ3v) is 3.54. The van der Waals surface area contributed by atoms with Crippen LogP contribution < -0.4 is 0 Å². The van der Waals surface area contributed by atoms with Crippen molar-refractivity contribution in [3.63, 3.8) is 0 Å². The average molecular weight is 242 g/mol. The predicted octanol–water partition coefficient (Wildman–Crippen LogP) is 3.23. The van der Waals surface area contributed by atoms with Crippen LogP contribution in [0.25, 0.3) is 4.91 Å². The van der Waals surface area contributed by atoms with Crippen LogP contribution in [-0.2, 0) is 0 Å². The van der Waals surface area contributed by atoms with Crippen molar-refractivity contribution in [1.29, 1.82) is 0 Å². The molecule has 0 spiro atoms. The largest absolute Gasteiger partial charge is 0.464 e. The molecule has 5 heteroatoms. The van der Waals surface area contributed by atoms with Gasteiger partial charge in [-0.25, -0.2) is 9.10 Å². The van der Waals surface area contributed by atoms with Crippen LogP contribution in [0.4, 0.5) is 4.79 Å². The monoisotopic (exact) mass is 241 g/mol. The molecule has 1 N–H and O–H groups in total. The zero-order valence-electron chi connectivity index (χ0n) is 7.63. The summed E-state index contributed by atoms with van der Waals surface area (Å²) in [4.78, 5) is 11.6. The fourth-order valence-corrected chi connectivity index (χ4v) is 2.56. The van der Waals surface area contributed by atoms with Gasteiger partial charge in [0.25, 0.3) is 0 Å². The molecule has 3 nitrogen and oxygen atoms in total. The van der Waals surface area contributed by atoms with E-state index in [1.54, 1.807) is 6.08 Å². The zero-order chi connectivity index (χ0) is 10.8. The molecule has 1 atom stereocenters. The molecule has 0 aromatic heterocycles. The number of alkyl halides is 1. The van der Waals surface area contributed by atoms with Crippen molar-refractivity contribution in [3.05, 3.63) is 42.0 Å². The molecular formula is C10H8ClNO2S. The van der Waals surface area contributed by atoms with Gasteiger partial charge in [0.2, 0.25) is 0 Å². The Balaban J connectivity index is 2.21. The SMILES string of the molecule is O=C(O)N1SC(c2ccccc2)=CC1Cl. The van der Waals surface area contributed by atoms with Gasteiger partial charge in [0.15, 0.2) is 0 Å². The fraction of sp³-hybridized carbons (Fsp3) is 0.100. The molecule has 1 aliphatic heterocycles. The van der Waals surface area contributed by atoms with Crippen LogP contribution in [-0.4, -0.2) is 21.0 Å². The predicted molar refractivity (Wildman–Crippen MR) is 61.5 cm³/mol. The number of rotatable bonds is 1. The molecule has 1 heterocycles. The van der Waals surface area contributed by atoms with Crippen LogP contribution in [0.15, 0.2) is 36.4 Å². The van der Waals surface area contributed by atoms with E-state index in [0.29, 0.717) is 0 Å². The van der Waals surface area contributed by atoms with Crippen molar-refractivity contribution in [2.24, 2.45) is 0 Å². The summed E-state index contributed by atoms with van der Waals surface area (Å²) in [7, 11) is 0. The second-order valence-electron chi connectivity index (χ2n) is 2.97. The lowest BCUT2D eigenvalue weighted by atomic mass is 10.2. The van der Waals surface area contributed by atoms with Gasteiger partial charge in [-0.15, -0.1) is 0 Å². The minimum atomic E-state index is -1.03. The molecular weight excluding hydrogens is 234 g/mol. The van der Waals surface area contributed by atoms with Gasteiger partial charge in [-0.05, 0) is 23.6 Å². The average Bonchev–Trinajstić information content (AvgIpc) is 2.62. The van der Waals surface area contributed by atoms with Crippen molar-refractivity contribution in [3.8, 4) is 0 Å². The third-order valence-electron chi connectivity index (χ3n) is 1.96. The van der Waals surface area contributed by atoms with Crippen LogP contribution in [0.2, 0.25) is 0 Å². The first kappa shape index (κ1) is 10.4. The lowest BCUT2D eigenvalue weighted by Gasteiger charge is -2.13. The van der Waals surface area contributed by atoms with Gasteiger partial charge in [-0.2, -0.15) is 0 Å². The highest BCUT2D eigenvalue weighted by Crippen LogP contribution is 2.40. The molecule has 0 radical (unpaired) electrons. The Morgan fingerprint density at radius 1 is 1.40 bits per heavy atom. The number of amides is 1. The number of carboxylic acid groups (broad SMARTS) is 1. The van der Waals surface area contributed by atoms with Crippen molar-refractivity contribution in [2.45, 2.75) is 5.50 Å². The molecule has 0 saturated carbocycles. The maximum Gasteiger partial charge on any atom is 0.419 e. The summed E-state index contributed by atoms with van der Waals surface area (Å²) in [5.41, 5.74) is 0.389. The molecule has 1 aromatic carbocycles. The summed E-state index contributed by atoms with van der Waals surface area (Å²) in [6.07, 6.45) is 0.706. The van der Waals surface area contributed by atoms with Gasteiger partial charge >= 0.3 is 6.09 Å². The van der Waals surface area contributed by atoms with E-state index in [0.717, 1.165) is 26.7 Å². The summed E-state index contributed by atoms with van der Waals surface area (Å²) in [6.45, 7) is 0. The quantitative estimate of drug-likeness (QED) is 0.466. The topological polar surface area (TPSA) is 40.5 Å². The minimum Gasteiger partial charge on any atom is -0.464 e. The first-order valence-corrected chi connectivity index (χ1v) is 5.51. The Labute approximate surface area is 96.5 Å². The summed E-state index contributed by atoms with van der Waals surface area (Å²) in [5.74, 6) is 0. The summed E-state index contributed by atoms with van der Waals surface area (Å²) in [6, 6.07) is 9.57. The Morgan fingerprint density at radius 2 is 2.07 bits per heavy atom. The Morgan fingerprint density at radius 3 is 2.60 bits per heavy atom. The van der Waals surface area contributed by atoms with Gasteiger partial charge in [0.05, 0.1) is 0 Å². The molecule has 1 unspecified atom stereocenters. The van der Waals surface area contributed by atoms with Crippen LogP contribution in [0.1, 0.15) is 5.56 Å². The fourth-order valence-electron chi connectivity index (χ4n) is 1.28. The van der Waals surface area contributed by atoms with Gasteiger partial charge in [-0.3, -0.25) is 0 Å². The Bertz CT molecular complexity index is 407. The second-order valence-corrected chi connectivity index (χ2v) is 4.43. The highest BCUT2D eigenvalue weighted by Gasteiger charge is 2.28. The number of halogens is 1. The smallest absolute Gasteiger partial charge is 0.419 e. The molecule has 0 aliphatic carbocycles. The van der Waals surface area contributed by atoms with Crippen molar-refractivity contribution >= 4 is 34.5 Å². The highest BCUT2D eigenvalue weighted by atomic mass is 35.5. The maximum atomic E-state index is 10.8. The normalized spacial score (nSPS) is 20.2. The van der Waals surface area contributed by atoms with Crippen molar-refractivity contribution in [2.75, 3.05) is 0 Å². The molecule has 0 saturated heterocycles. The van der Waals surface area contributed by atoms with Gasteiger partial charge in [0.1, 0.15) is 5.50 Å². The first-order valence-electron chi connectivity index (χ1n) is 4.30. The van der Waals surface area contributed by atoms with E-state index in [2.05, 4.69) is 0 Å². The molecule has 2 rings (SSSR count). The lowest BCUT2D eigenvalue weighted by molar-refractivity contribution is 0.176. The number of nitrogens with zero attached hydrogens (tertiary/aromatic N) is 1. The number of carbonyl (C=O) groups is 1. The number of hydrogen-bond donors (Lipinski definition) is 1. The van der Waals surface area contributed by atoms with Crippen molar-refractivity contribution in [1.82, 2.24) is 4.31 Å². The summed E-state index contributed by atoms with van der Waals surface area (Å²) in [5, 5.41) is 8.84. The second kappa shape index (κ2) is 4.16. The maximum absolute atomic E-state index is 10.8. The van der Waals surface area contributed by atoms with Crippen LogP contribution in [0, 0.1) is 0 Å². The summed E-state index contributed by atoms with van der Waals surface area (Å²) < 4.78 is 1.11. The molecule has 1 aromatic rings. The van der Waals surface area contributed by atoms with E-state index >= 15 is 0 Å². The van der Waals surface area contributed by atoms with E-state index in [1.165, 1.54) is 0 Å². The standard InChI is InChI=1S/C10H8ClNO2S/c11-9-6-8(15-12(9)10(13)14)7-4-2-1-3-5-7/h1-6,9H,(H,13,14). The van der Waals surface area contributed by atoms with Crippen LogP contribution in [0.5, 0.6) is 0 Å². The lowest BCUT2D eigenvalue weighted by Crippen LogP contribution is -2.24. The third kappa shape index (κ3) is 2.11. The minimum absolute atomic E-state index is 0.595. The highest BCUT2D eigenvalue weighted by molar-refractivity contribution is 8.07. The molecule has 1 aliphatic rings. The molecule has 78 valence electrons. The zero-order valence-corrected chi connectivity index (χ0v) is 9.20. The van der Waals surface area contributed by atoms with E-state index in [9.17, 15) is 4.79 Å². The molecule has 0 fully saturated rings. The van der Waals surface area contributed by atoms with Gasteiger partial charge in [0, 0.05) is 4.91 Å².